The van der Waals surface area contributed by atoms with Gasteiger partial charge in [0.2, 0.25) is 0 Å². The van der Waals surface area contributed by atoms with Crippen LogP contribution in [-0.4, -0.2) is 57.0 Å². The van der Waals surface area contributed by atoms with Gasteiger partial charge >= 0.3 is 0 Å². The maximum atomic E-state index is 12.7. The van der Waals surface area contributed by atoms with E-state index < -0.39 is 9.84 Å². The number of hydrogen-bond donors (Lipinski definition) is 1. The summed E-state index contributed by atoms with van der Waals surface area (Å²) in [4.78, 5) is 14.4. The van der Waals surface area contributed by atoms with Gasteiger partial charge in [0, 0.05) is 37.6 Å². The Morgan fingerprint density at radius 3 is 2.59 bits per heavy atom. The highest BCUT2D eigenvalue weighted by molar-refractivity contribution is 7.91. The van der Waals surface area contributed by atoms with Crippen molar-refractivity contribution in [3.8, 4) is 0 Å². The van der Waals surface area contributed by atoms with Crippen molar-refractivity contribution in [2.24, 2.45) is 0 Å². The molecule has 6 nitrogen and oxygen atoms in total. The Kier molecular flexibility index (Phi) is 5.42. The molecule has 1 aromatic rings. The summed E-state index contributed by atoms with van der Waals surface area (Å²) in [5.74, 6) is 0.0342. The van der Waals surface area contributed by atoms with E-state index in [-0.39, 0.29) is 23.5 Å². The Balaban J connectivity index is 2.16. The summed E-state index contributed by atoms with van der Waals surface area (Å²) >= 11 is 0. The Morgan fingerprint density at radius 1 is 1.36 bits per heavy atom. The lowest BCUT2D eigenvalue weighted by atomic mass is 10.1. The van der Waals surface area contributed by atoms with Crippen molar-refractivity contribution in [1.29, 1.82) is 0 Å². The fourth-order valence-electron chi connectivity index (χ4n) is 2.64. The molecule has 122 valence electrons. The quantitative estimate of drug-likeness (QED) is 0.620. The Morgan fingerprint density at radius 2 is 2.05 bits per heavy atom. The molecule has 1 aliphatic heterocycles. The molecule has 1 saturated heterocycles. The molecular weight excluding hydrogens is 304 g/mol. The van der Waals surface area contributed by atoms with Crippen LogP contribution in [0.2, 0.25) is 0 Å². The van der Waals surface area contributed by atoms with Crippen LogP contribution < -0.4 is 5.73 Å². The molecular formula is C15H22N2O4S. The third-order valence-corrected chi connectivity index (χ3v) is 5.57. The average Bonchev–Trinajstić information content (AvgIpc) is 2.84. The maximum Gasteiger partial charge on any atom is 0.254 e. The third kappa shape index (κ3) is 4.20. The van der Waals surface area contributed by atoms with Gasteiger partial charge in [0.05, 0.1) is 11.5 Å². The van der Waals surface area contributed by atoms with Gasteiger partial charge in [-0.3, -0.25) is 4.79 Å². The molecule has 1 atom stereocenters. The first kappa shape index (κ1) is 16.8. The van der Waals surface area contributed by atoms with Gasteiger partial charge in [-0.05, 0) is 37.1 Å². The second kappa shape index (κ2) is 7.11. The smallest absolute Gasteiger partial charge is 0.254 e. The Labute approximate surface area is 131 Å². The van der Waals surface area contributed by atoms with Gasteiger partial charge in [0.25, 0.3) is 5.91 Å². The molecule has 0 radical (unpaired) electrons. The number of sulfone groups is 1. The summed E-state index contributed by atoms with van der Waals surface area (Å²) in [5, 5.41) is 0. The van der Waals surface area contributed by atoms with Gasteiger partial charge in [-0.2, -0.15) is 0 Å². The number of anilines is 1. The van der Waals surface area contributed by atoms with E-state index in [0.29, 0.717) is 37.2 Å². The van der Waals surface area contributed by atoms with Crippen LogP contribution in [0, 0.1) is 0 Å². The summed E-state index contributed by atoms with van der Waals surface area (Å²) < 4.78 is 28.4. The molecule has 1 aliphatic rings. The highest BCUT2D eigenvalue weighted by atomic mass is 32.2. The van der Waals surface area contributed by atoms with Crippen molar-refractivity contribution in [2.45, 2.75) is 18.9 Å². The van der Waals surface area contributed by atoms with Gasteiger partial charge in [-0.15, -0.1) is 0 Å². The number of rotatable bonds is 6. The first-order valence-electron chi connectivity index (χ1n) is 7.29. The second-order valence-corrected chi connectivity index (χ2v) is 7.75. The molecule has 1 amide bonds. The van der Waals surface area contributed by atoms with Crippen molar-refractivity contribution in [1.82, 2.24) is 4.90 Å². The molecule has 1 heterocycles. The predicted octanol–water partition coefficient (Wildman–Crippen LogP) is 0.935. The van der Waals surface area contributed by atoms with Gasteiger partial charge in [-0.25, -0.2) is 8.42 Å². The summed E-state index contributed by atoms with van der Waals surface area (Å²) in [6.45, 7) is 1.02. The molecule has 22 heavy (non-hydrogen) atoms. The van der Waals surface area contributed by atoms with Crippen LogP contribution in [-0.2, 0) is 14.6 Å². The number of nitrogens with two attached hydrogens (primary N) is 1. The van der Waals surface area contributed by atoms with Crippen LogP contribution in [0.1, 0.15) is 23.2 Å². The van der Waals surface area contributed by atoms with Gasteiger partial charge in [0.1, 0.15) is 0 Å². The van der Waals surface area contributed by atoms with Gasteiger partial charge < -0.3 is 15.4 Å². The summed E-state index contributed by atoms with van der Waals surface area (Å²) in [7, 11) is -1.44. The SMILES string of the molecule is COCCCN(C(=O)c1ccc(N)cc1)C1CCS(=O)(=O)C1. The van der Waals surface area contributed by atoms with E-state index in [1.807, 2.05) is 0 Å². The highest BCUT2D eigenvalue weighted by Crippen LogP contribution is 2.21. The fourth-order valence-corrected chi connectivity index (χ4v) is 4.37. The molecule has 1 fully saturated rings. The fraction of sp³-hybridized carbons (Fsp3) is 0.533. The molecule has 0 saturated carbocycles. The first-order chi connectivity index (χ1) is 10.4. The lowest BCUT2D eigenvalue weighted by Gasteiger charge is -2.28. The first-order valence-corrected chi connectivity index (χ1v) is 9.11. The lowest BCUT2D eigenvalue weighted by Crippen LogP contribution is -2.42. The monoisotopic (exact) mass is 326 g/mol. The molecule has 0 aromatic heterocycles. The Bertz CT molecular complexity index is 613. The number of nitrogen functional groups attached to an aromatic ring is 1. The van der Waals surface area contributed by atoms with Crippen LogP contribution in [0.25, 0.3) is 0 Å². The minimum absolute atomic E-state index is 0.0424. The molecule has 0 spiro atoms. The minimum atomic E-state index is -3.04. The number of benzene rings is 1. The van der Waals surface area contributed by atoms with Crippen molar-refractivity contribution < 1.29 is 17.9 Å². The van der Waals surface area contributed by atoms with Gasteiger partial charge in [0.15, 0.2) is 9.84 Å². The minimum Gasteiger partial charge on any atom is -0.399 e. The molecule has 0 bridgehead atoms. The van der Waals surface area contributed by atoms with Crippen molar-refractivity contribution in [2.75, 3.05) is 37.5 Å². The van der Waals surface area contributed by atoms with Crippen LogP contribution >= 0.6 is 0 Å². The number of carbonyl (C=O) groups is 1. The molecule has 2 N–H and O–H groups in total. The normalized spacial score (nSPS) is 20.0. The number of amides is 1. The molecule has 2 rings (SSSR count). The number of hydrogen-bond acceptors (Lipinski definition) is 5. The largest absolute Gasteiger partial charge is 0.399 e. The number of carbonyl (C=O) groups excluding carboxylic acids is 1. The number of ether oxygens (including phenoxy) is 1. The zero-order valence-electron chi connectivity index (χ0n) is 12.7. The summed E-state index contributed by atoms with van der Waals surface area (Å²) in [6, 6.07) is 6.43. The van der Waals surface area contributed by atoms with Crippen LogP contribution in [0.5, 0.6) is 0 Å². The summed E-state index contributed by atoms with van der Waals surface area (Å²) in [5.41, 5.74) is 6.75. The van der Waals surface area contributed by atoms with E-state index >= 15 is 0 Å². The average molecular weight is 326 g/mol. The highest BCUT2D eigenvalue weighted by Gasteiger charge is 2.34. The van der Waals surface area contributed by atoms with Gasteiger partial charge in [-0.1, -0.05) is 0 Å². The van der Waals surface area contributed by atoms with E-state index in [0.717, 1.165) is 0 Å². The van der Waals surface area contributed by atoms with Crippen molar-refractivity contribution in [3.05, 3.63) is 29.8 Å². The predicted molar refractivity (Wildman–Crippen MR) is 85.4 cm³/mol. The lowest BCUT2D eigenvalue weighted by molar-refractivity contribution is 0.0674. The number of nitrogens with zero attached hydrogens (tertiary/aromatic N) is 1. The molecule has 1 unspecified atom stereocenters. The third-order valence-electron chi connectivity index (χ3n) is 3.82. The number of methoxy groups -OCH3 is 1. The van der Waals surface area contributed by atoms with Crippen LogP contribution in [0.15, 0.2) is 24.3 Å². The zero-order chi connectivity index (χ0) is 16.2. The van der Waals surface area contributed by atoms with Crippen LogP contribution in [0.4, 0.5) is 5.69 Å². The van der Waals surface area contributed by atoms with E-state index in [1.54, 1.807) is 36.3 Å². The maximum absolute atomic E-state index is 12.7. The molecule has 1 aromatic carbocycles. The molecule has 7 heteroatoms. The van der Waals surface area contributed by atoms with Crippen molar-refractivity contribution in [3.63, 3.8) is 0 Å². The van der Waals surface area contributed by atoms with E-state index in [2.05, 4.69) is 0 Å². The topological polar surface area (TPSA) is 89.7 Å². The second-order valence-electron chi connectivity index (χ2n) is 5.52. The Hall–Kier alpha value is -1.60. The van der Waals surface area contributed by atoms with Crippen molar-refractivity contribution >= 4 is 21.4 Å². The van der Waals surface area contributed by atoms with E-state index in [4.69, 9.17) is 10.5 Å². The van der Waals surface area contributed by atoms with Crippen LogP contribution in [0.3, 0.4) is 0 Å². The summed E-state index contributed by atoms with van der Waals surface area (Å²) in [6.07, 6.45) is 1.17. The van der Waals surface area contributed by atoms with E-state index in [1.165, 1.54) is 0 Å². The molecule has 0 aliphatic carbocycles. The standard InChI is InChI=1S/C15H22N2O4S/c1-21-9-2-8-17(14-7-10-22(19,20)11-14)15(18)12-3-5-13(16)6-4-12/h3-6,14H,2,7-11,16H2,1H3. The van der Waals surface area contributed by atoms with E-state index in [9.17, 15) is 13.2 Å². The zero-order valence-corrected chi connectivity index (χ0v) is 13.5.